The Morgan fingerprint density at radius 1 is 1.48 bits per heavy atom. The lowest BCUT2D eigenvalue weighted by atomic mass is 10.0. The van der Waals surface area contributed by atoms with Crippen LogP contribution in [0.1, 0.15) is 32.1 Å². The molecule has 0 bridgehead atoms. The number of rotatable bonds is 7. The molecule has 8 heteroatoms. The lowest BCUT2D eigenvalue weighted by Gasteiger charge is -2.10. The van der Waals surface area contributed by atoms with E-state index >= 15 is 0 Å². The van der Waals surface area contributed by atoms with Gasteiger partial charge in [0.05, 0.1) is 0 Å². The largest absolute Gasteiger partial charge is 0.406 e. The molecule has 2 N–H and O–H groups in total. The Kier molecular flexibility index (Phi) is 5.13. The van der Waals surface area contributed by atoms with E-state index in [0.29, 0.717) is 31.2 Å². The van der Waals surface area contributed by atoms with E-state index in [2.05, 4.69) is 15.6 Å². The number of imidazole rings is 1. The van der Waals surface area contributed by atoms with Crippen LogP contribution in [0.5, 0.6) is 0 Å². The number of hydrogen-bond acceptors (Lipinski definition) is 5. The van der Waals surface area contributed by atoms with Crippen LogP contribution in [-0.4, -0.2) is 33.5 Å². The molecule has 1 saturated carbocycles. The van der Waals surface area contributed by atoms with Gasteiger partial charge in [-0.15, -0.1) is 0 Å². The van der Waals surface area contributed by atoms with E-state index in [1.807, 2.05) is 0 Å². The Morgan fingerprint density at radius 3 is 2.86 bits per heavy atom. The number of amides is 1. The first-order valence-electron chi connectivity index (χ1n) is 7.24. The minimum atomic E-state index is -0.527. The molecule has 0 aromatic carbocycles. The second-order valence-electron chi connectivity index (χ2n) is 5.42. The molecule has 0 unspecified atom stereocenters. The molecule has 0 aliphatic heterocycles. The second kappa shape index (κ2) is 7.05. The Balaban J connectivity index is 1.71. The van der Waals surface area contributed by atoms with Crippen molar-refractivity contribution in [2.45, 2.75) is 32.1 Å². The third-order valence-electron chi connectivity index (χ3n) is 3.78. The van der Waals surface area contributed by atoms with E-state index in [4.69, 9.17) is 0 Å². The number of aromatic nitrogens is 2. The fraction of sp³-hybridized carbons (Fsp3) is 0.692. The quantitative estimate of drug-likeness (QED) is 0.450. The van der Waals surface area contributed by atoms with Crippen molar-refractivity contribution in [2.75, 3.05) is 18.4 Å². The third kappa shape index (κ3) is 4.17. The van der Waals surface area contributed by atoms with Gasteiger partial charge in [0.1, 0.15) is 0 Å². The molecule has 0 spiro atoms. The highest BCUT2D eigenvalue weighted by molar-refractivity contribution is 5.76. The first-order valence-corrected chi connectivity index (χ1v) is 7.24. The summed E-state index contributed by atoms with van der Waals surface area (Å²) < 4.78 is 1.55. The first kappa shape index (κ1) is 15.3. The van der Waals surface area contributed by atoms with Crippen molar-refractivity contribution in [1.82, 2.24) is 14.9 Å². The molecule has 0 saturated heterocycles. The zero-order chi connectivity index (χ0) is 15.2. The Labute approximate surface area is 123 Å². The van der Waals surface area contributed by atoms with Gasteiger partial charge in [-0.3, -0.25) is 9.36 Å². The van der Waals surface area contributed by atoms with Crippen LogP contribution >= 0.6 is 0 Å². The van der Waals surface area contributed by atoms with Crippen LogP contribution in [0.15, 0.2) is 6.33 Å². The summed E-state index contributed by atoms with van der Waals surface area (Å²) in [4.78, 5) is 25.7. The highest BCUT2D eigenvalue weighted by Crippen LogP contribution is 2.27. The van der Waals surface area contributed by atoms with E-state index in [1.165, 1.54) is 19.2 Å². The van der Waals surface area contributed by atoms with Crippen LogP contribution in [0.25, 0.3) is 0 Å². The molecule has 2 rings (SSSR count). The van der Waals surface area contributed by atoms with Crippen molar-refractivity contribution in [1.29, 1.82) is 0 Å². The van der Waals surface area contributed by atoms with Crippen molar-refractivity contribution in [3.05, 3.63) is 16.4 Å². The van der Waals surface area contributed by atoms with Crippen LogP contribution in [0.4, 0.5) is 11.6 Å². The molecular weight excluding hydrogens is 274 g/mol. The number of carbonyl (C=O) groups is 1. The molecule has 1 aromatic rings. The van der Waals surface area contributed by atoms with Gasteiger partial charge < -0.3 is 20.7 Å². The fourth-order valence-corrected chi connectivity index (χ4v) is 2.69. The molecule has 1 aliphatic rings. The first-order chi connectivity index (χ1) is 10.1. The van der Waals surface area contributed by atoms with Crippen molar-refractivity contribution in [3.63, 3.8) is 0 Å². The number of aryl methyl sites for hydroxylation is 1. The van der Waals surface area contributed by atoms with E-state index in [0.717, 1.165) is 12.8 Å². The van der Waals surface area contributed by atoms with Gasteiger partial charge in [0.2, 0.25) is 18.1 Å². The van der Waals surface area contributed by atoms with Crippen LogP contribution in [0.3, 0.4) is 0 Å². The molecular formula is C13H21N5O3. The number of nitrogens with one attached hydrogen (secondary N) is 2. The molecule has 1 amide bonds. The van der Waals surface area contributed by atoms with Crippen molar-refractivity contribution in [2.24, 2.45) is 13.0 Å². The van der Waals surface area contributed by atoms with Gasteiger partial charge in [-0.05, 0) is 28.7 Å². The zero-order valence-electron chi connectivity index (χ0n) is 12.2. The standard InChI is InChI=1S/C13H21N5O3/c1-17-9-16-13(18(20)21)12(17)15-7-6-14-11(19)8-10-4-2-3-5-10/h9-10,15H,2-8H2,1H3,(H,14,19). The van der Waals surface area contributed by atoms with E-state index in [1.54, 1.807) is 11.6 Å². The molecule has 1 fully saturated rings. The zero-order valence-corrected chi connectivity index (χ0v) is 12.2. The Bertz CT molecular complexity index is 508. The lowest BCUT2D eigenvalue weighted by Crippen LogP contribution is -2.30. The number of nitrogens with zero attached hydrogens (tertiary/aromatic N) is 3. The average Bonchev–Trinajstić information content (AvgIpc) is 3.05. The molecule has 1 aliphatic carbocycles. The summed E-state index contributed by atoms with van der Waals surface area (Å²) in [7, 11) is 1.68. The van der Waals surface area contributed by atoms with Crippen molar-refractivity contribution in [3.8, 4) is 0 Å². The minimum absolute atomic E-state index is 0.0585. The summed E-state index contributed by atoms with van der Waals surface area (Å²) >= 11 is 0. The molecule has 8 nitrogen and oxygen atoms in total. The normalized spacial score (nSPS) is 15.1. The van der Waals surface area contributed by atoms with E-state index < -0.39 is 4.92 Å². The Morgan fingerprint density at radius 2 is 2.19 bits per heavy atom. The number of nitro groups is 1. The maximum Gasteiger partial charge on any atom is 0.406 e. The van der Waals surface area contributed by atoms with E-state index in [9.17, 15) is 14.9 Å². The number of carbonyl (C=O) groups excluding carboxylic acids is 1. The summed E-state index contributed by atoms with van der Waals surface area (Å²) in [5, 5.41) is 16.6. The van der Waals surface area contributed by atoms with Crippen LogP contribution < -0.4 is 10.6 Å². The summed E-state index contributed by atoms with van der Waals surface area (Å²) in [6, 6.07) is 0. The fourth-order valence-electron chi connectivity index (χ4n) is 2.69. The molecule has 1 aromatic heterocycles. The smallest absolute Gasteiger partial charge is 0.363 e. The average molecular weight is 295 g/mol. The minimum Gasteiger partial charge on any atom is -0.363 e. The van der Waals surface area contributed by atoms with Crippen LogP contribution in [-0.2, 0) is 11.8 Å². The van der Waals surface area contributed by atoms with Crippen molar-refractivity contribution < 1.29 is 9.72 Å². The summed E-state index contributed by atoms with van der Waals surface area (Å²) in [5.74, 6) is 0.735. The highest BCUT2D eigenvalue weighted by Gasteiger charge is 2.20. The maximum atomic E-state index is 11.7. The summed E-state index contributed by atoms with van der Waals surface area (Å²) in [6.07, 6.45) is 6.72. The molecule has 0 radical (unpaired) electrons. The number of hydrogen-bond donors (Lipinski definition) is 2. The predicted molar refractivity (Wildman–Crippen MR) is 77.9 cm³/mol. The maximum absolute atomic E-state index is 11.7. The van der Waals surface area contributed by atoms with Gasteiger partial charge in [0.25, 0.3) is 0 Å². The van der Waals surface area contributed by atoms with E-state index in [-0.39, 0.29) is 11.7 Å². The predicted octanol–water partition coefficient (Wildman–Crippen LogP) is 1.44. The third-order valence-corrected chi connectivity index (χ3v) is 3.78. The van der Waals surface area contributed by atoms with Gasteiger partial charge in [-0.25, -0.2) is 0 Å². The monoisotopic (exact) mass is 295 g/mol. The topological polar surface area (TPSA) is 102 Å². The van der Waals surface area contributed by atoms with Crippen molar-refractivity contribution >= 4 is 17.5 Å². The molecule has 1 heterocycles. The number of anilines is 1. The van der Waals surface area contributed by atoms with Gasteiger partial charge in [0.15, 0.2) is 0 Å². The van der Waals surface area contributed by atoms with Crippen LogP contribution in [0, 0.1) is 16.0 Å². The summed E-state index contributed by atoms with van der Waals surface area (Å²) in [5.41, 5.74) is 0. The highest BCUT2D eigenvalue weighted by atomic mass is 16.6. The lowest BCUT2D eigenvalue weighted by molar-refractivity contribution is -0.388. The van der Waals surface area contributed by atoms with Crippen LogP contribution in [0.2, 0.25) is 0 Å². The van der Waals surface area contributed by atoms with Gasteiger partial charge >= 0.3 is 5.82 Å². The Hall–Kier alpha value is -2.12. The summed E-state index contributed by atoms with van der Waals surface area (Å²) in [6.45, 7) is 0.866. The van der Waals surface area contributed by atoms with Gasteiger partial charge in [0, 0.05) is 26.6 Å². The molecule has 0 atom stereocenters. The second-order valence-corrected chi connectivity index (χ2v) is 5.42. The molecule has 116 valence electrons. The SMILES string of the molecule is Cn1cnc([N+](=O)[O-])c1NCCNC(=O)CC1CCCC1. The molecule has 21 heavy (non-hydrogen) atoms. The van der Waals surface area contributed by atoms with Gasteiger partial charge in [-0.1, -0.05) is 12.8 Å². The van der Waals surface area contributed by atoms with Gasteiger partial charge in [-0.2, -0.15) is 0 Å².